The van der Waals surface area contributed by atoms with Crippen molar-refractivity contribution in [1.82, 2.24) is 10.1 Å². The molecule has 1 heterocycles. The van der Waals surface area contributed by atoms with E-state index in [0.717, 1.165) is 19.3 Å². The Morgan fingerprint density at radius 3 is 2.86 bits per heavy atom. The fourth-order valence-electron chi connectivity index (χ4n) is 1.94. The van der Waals surface area contributed by atoms with Gasteiger partial charge in [0.05, 0.1) is 18.7 Å². The minimum Gasteiger partial charge on any atom is -0.493 e. The van der Waals surface area contributed by atoms with Crippen molar-refractivity contribution in [3.8, 4) is 17.6 Å². The number of ether oxygens (including phenoxy) is 2. The van der Waals surface area contributed by atoms with E-state index < -0.39 is 6.10 Å². The third-order valence-corrected chi connectivity index (χ3v) is 3.18. The summed E-state index contributed by atoms with van der Waals surface area (Å²) in [7, 11) is 1.53. The highest BCUT2D eigenvalue weighted by Crippen LogP contribution is 2.31. The van der Waals surface area contributed by atoms with Gasteiger partial charge in [-0.15, -0.1) is 0 Å². The molecule has 0 fully saturated rings. The van der Waals surface area contributed by atoms with E-state index in [1.165, 1.54) is 7.11 Å². The third kappa shape index (κ3) is 3.76. The lowest BCUT2D eigenvalue weighted by Crippen LogP contribution is -2.05. The maximum atomic E-state index is 8.90. The number of methoxy groups -OCH3 is 1. The second-order valence-electron chi connectivity index (χ2n) is 4.89. The number of nitriles is 1. The first kappa shape index (κ1) is 15.8. The zero-order chi connectivity index (χ0) is 15.9. The van der Waals surface area contributed by atoms with E-state index in [0.29, 0.717) is 28.8 Å². The van der Waals surface area contributed by atoms with Gasteiger partial charge in [-0.1, -0.05) is 18.5 Å². The van der Waals surface area contributed by atoms with Crippen LogP contribution in [0.3, 0.4) is 0 Å². The Kier molecular flexibility index (Phi) is 5.37. The molecule has 6 nitrogen and oxygen atoms in total. The molecule has 116 valence electrons. The molecule has 0 unspecified atom stereocenters. The third-order valence-electron chi connectivity index (χ3n) is 3.18. The predicted octanol–water partition coefficient (Wildman–Crippen LogP) is 3.43. The van der Waals surface area contributed by atoms with Crippen LogP contribution in [0, 0.1) is 11.3 Å². The van der Waals surface area contributed by atoms with Crippen molar-refractivity contribution in [2.45, 2.75) is 39.2 Å². The average molecular weight is 301 g/mol. The molecule has 0 aliphatic carbocycles. The Bertz CT molecular complexity index is 661. The Morgan fingerprint density at radius 1 is 1.36 bits per heavy atom. The summed E-state index contributed by atoms with van der Waals surface area (Å²) in [6.07, 6.45) is 2.51. The summed E-state index contributed by atoms with van der Waals surface area (Å²) in [6.45, 7) is 3.94. The van der Waals surface area contributed by atoms with E-state index >= 15 is 0 Å². The smallest absolute Gasteiger partial charge is 0.267 e. The zero-order valence-electron chi connectivity index (χ0n) is 13.0. The number of unbranched alkanes of at least 4 members (excludes halogenated alkanes) is 1. The van der Waals surface area contributed by atoms with Crippen molar-refractivity contribution in [2.24, 2.45) is 0 Å². The molecule has 0 N–H and O–H groups in total. The summed E-state index contributed by atoms with van der Waals surface area (Å²) < 4.78 is 16.3. The van der Waals surface area contributed by atoms with Gasteiger partial charge in [-0.3, -0.25) is 0 Å². The van der Waals surface area contributed by atoms with Crippen LogP contribution in [0.1, 0.15) is 50.1 Å². The van der Waals surface area contributed by atoms with Crippen LogP contribution in [0.15, 0.2) is 22.7 Å². The van der Waals surface area contributed by atoms with Crippen molar-refractivity contribution < 1.29 is 14.0 Å². The fraction of sp³-hybridized carbons (Fsp3) is 0.438. The summed E-state index contributed by atoms with van der Waals surface area (Å²) in [4.78, 5) is 4.34. The number of hydrogen-bond donors (Lipinski definition) is 0. The maximum Gasteiger partial charge on any atom is 0.267 e. The fourth-order valence-corrected chi connectivity index (χ4v) is 1.94. The number of hydrogen-bond acceptors (Lipinski definition) is 6. The SMILES string of the molecule is CCCCc1noc([C@H](C)Oc2ccc(C#N)cc2OC)n1. The van der Waals surface area contributed by atoms with Crippen molar-refractivity contribution in [1.29, 1.82) is 5.26 Å². The molecule has 0 aliphatic heterocycles. The van der Waals surface area contributed by atoms with Gasteiger partial charge in [0.2, 0.25) is 0 Å². The highest BCUT2D eigenvalue weighted by Gasteiger charge is 2.18. The van der Waals surface area contributed by atoms with Gasteiger partial charge < -0.3 is 14.0 Å². The van der Waals surface area contributed by atoms with Crippen LogP contribution in [0.2, 0.25) is 0 Å². The molecule has 22 heavy (non-hydrogen) atoms. The van der Waals surface area contributed by atoms with Crippen molar-refractivity contribution in [3.05, 3.63) is 35.5 Å². The number of rotatable bonds is 7. The van der Waals surface area contributed by atoms with Gasteiger partial charge in [0, 0.05) is 12.5 Å². The largest absolute Gasteiger partial charge is 0.493 e. The zero-order valence-corrected chi connectivity index (χ0v) is 13.0. The van der Waals surface area contributed by atoms with Gasteiger partial charge in [-0.2, -0.15) is 10.2 Å². The molecule has 0 amide bonds. The number of nitrogens with zero attached hydrogens (tertiary/aromatic N) is 3. The maximum absolute atomic E-state index is 8.90. The van der Waals surface area contributed by atoms with Gasteiger partial charge in [-0.25, -0.2) is 0 Å². The standard InChI is InChI=1S/C16H19N3O3/c1-4-5-6-15-18-16(22-19-15)11(2)21-13-8-7-12(10-17)9-14(13)20-3/h7-9,11H,4-6H2,1-3H3/t11-/m0/s1. The van der Waals surface area contributed by atoms with E-state index in [1.807, 2.05) is 6.92 Å². The first-order valence-corrected chi connectivity index (χ1v) is 7.25. The van der Waals surface area contributed by atoms with Gasteiger partial charge >= 0.3 is 0 Å². The van der Waals surface area contributed by atoms with Gasteiger partial charge in [0.1, 0.15) is 0 Å². The van der Waals surface area contributed by atoms with Crippen LogP contribution in [-0.2, 0) is 6.42 Å². The second kappa shape index (κ2) is 7.46. The molecular formula is C16H19N3O3. The summed E-state index contributed by atoms with van der Waals surface area (Å²) in [6, 6.07) is 7.06. The van der Waals surface area contributed by atoms with E-state index in [9.17, 15) is 0 Å². The molecule has 2 aromatic rings. The molecule has 1 aromatic carbocycles. The minimum absolute atomic E-state index is 0.398. The van der Waals surface area contributed by atoms with E-state index in [2.05, 4.69) is 23.1 Å². The van der Waals surface area contributed by atoms with Gasteiger partial charge in [0.25, 0.3) is 5.89 Å². The summed E-state index contributed by atoms with van der Waals surface area (Å²) in [5.74, 6) is 2.15. The van der Waals surface area contributed by atoms with Crippen LogP contribution in [-0.4, -0.2) is 17.3 Å². The lowest BCUT2D eigenvalue weighted by molar-refractivity contribution is 0.169. The van der Waals surface area contributed by atoms with Gasteiger partial charge in [-0.05, 0) is 25.5 Å². The topological polar surface area (TPSA) is 81.2 Å². The first-order valence-electron chi connectivity index (χ1n) is 7.25. The van der Waals surface area contributed by atoms with Crippen LogP contribution < -0.4 is 9.47 Å². The lowest BCUT2D eigenvalue weighted by Gasteiger charge is -2.14. The predicted molar refractivity (Wildman–Crippen MR) is 79.7 cm³/mol. The molecule has 0 saturated carbocycles. The van der Waals surface area contributed by atoms with E-state index in [-0.39, 0.29) is 0 Å². The monoisotopic (exact) mass is 301 g/mol. The van der Waals surface area contributed by atoms with Crippen molar-refractivity contribution in [2.75, 3.05) is 7.11 Å². The first-order chi connectivity index (χ1) is 10.7. The number of aromatic nitrogens is 2. The average Bonchev–Trinajstić information content (AvgIpc) is 3.02. The van der Waals surface area contributed by atoms with Gasteiger partial charge in [0.15, 0.2) is 23.4 Å². The number of benzene rings is 1. The van der Waals surface area contributed by atoms with Crippen LogP contribution in [0.25, 0.3) is 0 Å². The van der Waals surface area contributed by atoms with E-state index in [4.69, 9.17) is 19.3 Å². The van der Waals surface area contributed by atoms with E-state index in [1.54, 1.807) is 18.2 Å². The Morgan fingerprint density at radius 2 is 2.18 bits per heavy atom. The summed E-state index contributed by atoms with van der Waals surface area (Å²) >= 11 is 0. The molecule has 0 radical (unpaired) electrons. The molecule has 0 saturated heterocycles. The minimum atomic E-state index is -0.398. The molecular weight excluding hydrogens is 282 g/mol. The Hall–Kier alpha value is -2.55. The lowest BCUT2D eigenvalue weighted by atomic mass is 10.2. The molecule has 1 atom stereocenters. The molecule has 6 heteroatoms. The molecule has 1 aromatic heterocycles. The summed E-state index contributed by atoms with van der Waals surface area (Å²) in [5, 5.41) is 12.8. The quantitative estimate of drug-likeness (QED) is 0.779. The van der Waals surface area contributed by atoms with Crippen molar-refractivity contribution >= 4 is 0 Å². The second-order valence-corrected chi connectivity index (χ2v) is 4.89. The van der Waals surface area contributed by atoms with Crippen LogP contribution >= 0.6 is 0 Å². The number of aryl methyl sites for hydroxylation is 1. The Balaban J connectivity index is 2.10. The van der Waals surface area contributed by atoms with Crippen LogP contribution in [0.4, 0.5) is 0 Å². The highest BCUT2D eigenvalue weighted by atomic mass is 16.5. The normalized spacial score (nSPS) is 11.7. The summed E-state index contributed by atoms with van der Waals surface area (Å²) in [5.41, 5.74) is 0.511. The Labute approximate surface area is 129 Å². The highest BCUT2D eigenvalue weighted by molar-refractivity contribution is 5.46. The molecule has 0 bridgehead atoms. The molecule has 0 spiro atoms. The molecule has 2 rings (SSSR count). The molecule has 0 aliphatic rings. The van der Waals surface area contributed by atoms with Crippen molar-refractivity contribution in [3.63, 3.8) is 0 Å². The van der Waals surface area contributed by atoms with Crippen LogP contribution in [0.5, 0.6) is 11.5 Å².